The second-order valence-corrected chi connectivity index (χ2v) is 8.70. The van der Waals surface area contributed by atoms with Crippen molar-refractivity contribution >= 4 is 23.6 Å². The van der Waals surface area contributed by atoms with Crippen LogP contribution in [0.3, 0.4) is 0 Å². The molecule has 156 valence electrons. The number of aromatic nitrogens is 3. The third-order valence-electron chi connectivity index (χ3n) is 5.52. The largest absolute Gasteiger partial charge is 0.341 e. The smallest absolute Gasteiger partial charge is 0.233 e. The summed E-state index contributed by atoms with van der Waals surface area (Å²) in [4.78, 5) is 16.9. The number of anilines is 1. The molecule has 0 bridgehead atoms. The molecule has 0 N–H and O–H groups in total. The van der Waals surface area contributed by atoms with Gasteiger partial charge in [-0.15, -0.1) is 10.2 Å². The minimum atomic E-state index is -0.275. The first-order valence-corrected chi connectivity index (χ1v) is 11.5. The Bertz CT molecular complexity index is 847. The van der Waals surface area contributed by atoms with Gasteiger partial charge in [0.15, 0.2) is 5.16 Å². The van der Waals surface area contributed by atoms with E-state index in [4.69, 9.17) is 0 Å². The molecule has 2 aliphatic rings. The van der Waals surface area contributed by atoms with E-state index in [1.807, 2.05) is 13.0 Å². The normalized spacial score (nSPS) is 16.8. The monoisotopic (exact) mass is 417 g/mol. The Kier molecular flexibility index (Phi) is 6.37. The van der Waals surface area contributed by atoms with Crippen molar-refractivity contribution in [1.29, 1.82) is 0 Å². The predicted molar refractivity (Wildman–Crippen MR) is 113 cm³/mol. The van der Waals surface area contributed by atoms with Crippen LogP contribution in [0.4, 0.5) is 10.3 Å². The zero-order chi connectivity index (χ0) is 20.2. The third-order valence-corrected chi connectivity index (χ3v) is 6.45. The summed E-state index contributed by atoms with van der Waals surface area (Å²) in [7, 11) is 0. The van der Waals surface area contributed by atoms with Crippen LogP contribution < -0.4 is 4.90 Å². The molecule has 2 fully saturated rings. The second-order valence-electron chi connectivity index (χ2n) is 7.76. The maximum absolute atomic E-state index is 13.4. The van der Waals surface area contributed by atoms with Gasteiger partial charge in [-0.2, -0.15) is 0 Å². The van der Waals surface area contributed by atoms with Crippen LogP contribution in [0.15, 0.2) is 29.4 Å². The Labute approximate surface area is 175 Å². The Morgan fingerprint density at radius 3 is 2.72 bits per heavy atom. The number of thioether (sulfide) groups is 1. The lowest BCUT2D eigenvalue weighted by Crippen LogP contribution is -2.32. The highest BCUT2D eigenvalue weighted by Crippen LogP contribution is 2.41. The number of hydrogen-bond acceptors (Lipinski definition) is 5. The van der Waals surface area contributed by atoms with Crippen LogP contribution >= 0.6 is 11.8 Å². The van der Waals surface area contributed by atoms with Gasteiger partial charge in [0.05, 0.1) is 5.75 Å². The van der Waals surface area contributed by atoms with Gasteiger partial charge < -0.3 is 9.80 Å². The summed E-state index contributed by atoms with van der Waals surface area (Å²) in [6.45, 7) is 5.02. The molecule has 1 saturated carbocycles. The molecule has 4 rings (SSSR count). The Morgan fingerprint density at radius 1 is 1.24 bits per heavy atom. The first kappa shape index (κ1) is 20.2. The molecule has 6 nitrogen and oxygen atoms in total. The molecule has 2 heterocycles. The first-order chi connectivity index (χ1) is 14.2. The molecule has 1 amide bonds. The van der Waals surface area contributed by atoms with E-state index in [0.717, 1.165) is 42.6 Å². The van der Waals surface area contributed by atoms with Gasteiger partial charge in [0.25, 0.3) is 0 Å². The fourth-order valence-electron chi connectivity index (χ4n) is 3.78. The standard InChI is InChI=1S/C21H28FN5OS/c1-2-25(14-16-7-6-8-17(22)13-16)19(28)15-29-21-24-23-20(27(21)18-9-10-18)26-11-4-3-5-12-26/h6-8,13,18H,2-5,9-12,14-15H2,1H3. The van der Waals surface area contributed by atoms with Crippen molar-refractivity contribution in [3.05, 3.63) is 35.6 Å². The molecule has 2 aromatic rings. The van der Waals surface area contributed by atoms with Crippen LogP contribution in [0.2, 0.25) is 0 Å². The zero-order valence-corrected chi connectivity index (χ0v) is 17.7. The van der Waals surface area contributed by atoms with Gasteiger partial charge in [-0.25, -0.2) is 4.39 Å². The number of benzene rings is 1. The van der Waals surface area contributed by atoms with Crippen LogP contribution in [0, 0.1) is 5.82 Å². The third kappa shape index (κ3) is 4.91. The highest BCUT2D eigenvalue weighted by molar-refractivity contribution is 7.99. The highest BCUT2D eigenvalue weighted by atomic mass is 32.2. The summed E-state index contributed by atoms with van der Waals surface area (Å²) in [5.74, 6) is 1.04. The summed E-state index contributed by atoms with van der Waals surface area (Å²) >= 11 is 1.46. The molecule has 1 aliphatic heterocycles. The minimum Gasteiger partial charge on any atom is -0.341 e. The van der Waals surface area contributed by atoms with Crippen molar-refractivity contribution in [3.8, 4) is 0 Å². The van der Waals surface area contributed by atoms with Crippen molar-refractivity contribution < 1.29 is 9.18 Å². The maximum Gasteiger partial charge on any atom is 0.233 e. The molecular formula is C21H28FN5OS. The van der Waals surface area contributed by atoms with E-state index in [9.17, 15) is 9.18 Å². The first-order valence-electron chi connectivity index (χ1n) is 10.5. The van der Waals surface area contributed by atoms with E-state index in [1.54, 1.807) is 11.0 Å². The Hall–Kier alpha value is -2.09. The number of carbonyl (C=O) groups excluding carboxylic acids is 1. The van der Waals surface area contributed by atoms with Gasteiger partial charge in [0.2, 0.25) is 11.9 Å². The van der Waals surface area contributed by atoms with Crippen molar-refractivity contribution in [2.75, 3.05) is 30.3 Å². The lowest BCUT2D eigenvalue weighted by atomic mass is 10.1. The van der Waals surface area contributed by atoms with E-state index in [0.29, 0.717) is 24.9 Å². The molecule has 1 aromatic carbocycles. The molecule has 1 aromatic heterocycles. The number of rotatable bonds is 8. The zero-order valence-electron chi connectivity index (χ0n) is 16.9. The van der Waals surface area contributed by atoms with Crippen LogP contribution in [-0.4, -0.2) is 51.0 Å². The molecule has 0 radical (unpaired) electrons. The van der Waals surface area contributed by atoms with Crippen LogP contribution in [0.25, 0.3) is 0 Å². The van der Waals surface area contributed by atoms with E-state index < -0.39 is 0 Å². The lowest BCUT2D eigenvalue weighted by molar-refractivity contribution is -0.128. The van der Waals surface area contributed by atoms with Crippen LogP contribution in [0.1, 0.15) is 50.6 Å². The fraction of sp³-hybridized carbons (Fsp3) is 0.571. The Balaban J connectivity index is 1.41. The van der Waals surface area contributed by atoms with Crippen molar-refractivity contribution in [1.82, 2.24) is 19.7 Å². The second kappa shape index (κ2) is 9.15. The van der Waals surface area contributed by atoms with Gasteiger partial charge in [0.1, 0.15) is 5.82 Å². The summed E-state index contributed by atoms with van der Waals surface area (Å²) in [6.07, 6.45) is 5.98. The van der Waals surface area contributed by atoms with Crippen molar-refractivity contribution in [3.63, 3.8) is 0 Å². The van der Waals surface area contributed by atoms with Gasteiger partial charge in [-0.05, 0) is 56.7 Å². The number of hydrogen-bond donors (Lipinski definition) is 0. The molecule has 0 atom stereocenters. The van der Waals surface area contributed by atoms with E-state index in [2.05, 4.69) is 19.7 Å². The molecule has 1 saturated heterocycles. The molecule has 1 aliphatic carbocycles. The topological polar surface area (TPSA) is 54.3 Å². The van der Waals surface area contributed by atoms with Gasteiger partial charge in [0, 0.05) is 32.2 Å². The summed E-state index contributed by atoms with van der Waals surface area (Å²) in [5.41, 5.74) is 0.804. The fourth-order valence-corrected chi connectivity index (χ4v) is 4.68. The molecule has 0 unspecified atom stereocenters. The number of amides is 1. The Morgan fingerprint density at radius 2 is 2.03 bits per heavy atom. The predicted octanol–water partition coefficient (Wildman–Crippen LogP) is 3.88. The average molecular weight is 418 g/mol. The number of nitrogens with zero attached hydrogens (tertiary/aromatic N) is 5. The SMILES string of the molecule is CCN(Cc1cccc(F)c1)C(=O)CSc1nnc(N2CCCCC2)n1C1CC1. The molecule has 0 spiro atoms. The van der Waals surface area contributed by atoms with E-state index in [-0.39, 0.29) is 11.7 Å². The number of halogens is 1. The number of carbonyl (C=O) groups is 1. The molecule has 8 heteroatoms. The molecular weight excluding hydrogens is 389 g/mol. The maximum atomic E-state index is 13.4. The van der Waals surface area contributed by atoms with E-state index in [1.165, 1.54) is 43.2 Å². The average Bonchev–Trinajstić information content (AvgIpc) is 3.49. The quantitative estimate of drug-likeness (QED) is 0.610. The summed E-state index contributed by atoms with van der Waals surface area (Å²) in [6, 6.07) is 6.90. The lowest BCUT2D eigenvalue weighted by Gasteiger charge is -2.27. The molecule has 29 heavy (non-hydrogen) atoms. The van der Waals surface area contributed by atoms with Crippen molar-refractivity contribution in [2.45, 2.75) is 56.8 Å². The van der Waals surface area contributed by atoms with Gasteiger partial charge in [-0.3, -0.25) is 9.36 Å². The van der Waals surface area contributed by atoms with Gasteiger partial charge in [-0.1, -0.05) is 23.9 Å². The van der Waals surface area contributed by atoms with Crippen LogP contribution in [-0.2, 0) is 11.3 Å². The van der Waals surface area contributed by atoms with E-state index >= 15 is 0 Å². The summed E-state index contributed by atoms with van der Waals surface area (Å²) < 4.78 is 15.7. The highest BCUT2D eigenvalue weighted by Gasteiger charge is 2.32. The number of piperidine rings is 1. The summed E-state index contributed by atoms with van der Waals surface area (Å²) in [5, 5.41) is 9.73. The van der Waals surface area contributed by atoms with Gasteiger partial charge >= 0.3 is 0 Å². The minimum absolute atomic E-state index is 0.0339. The van der Waals surface area contributed by atoms with Crippen LogP contribution in [0.5, 0.6) is 0 Å². The van der Waals surface area contributed by atoms with Crippen molar-refractivity contribution in [2.24, 2.45) is 0 Å².